The Morgan fingerprint density at radius 3 is 2.54 bits per heavy atom. The minimum atomic E-state index is -1.24. The summed E-state index contributed by atoms with van der Waals surface area (Å²) in [5.74, 6) is -2.31. The highest BCUT2D eigenvalue weighted by molar-refractivity contribution is 6.31. The van der Waals surface area contributed by atoms with Crippen LogP contribution in [-0.4, -0.2) is 11.9 Å². The minimum Gasteiger partial charge on any atom is -0.550 e. The number of hydrogen-bond donors (Lipinski definition) is 1. The molecule has 0 aliphatic carbocycles. The summed E-state index contributed by atoms with van der Waals surface area (Å²) in [6.45, 7) is 3.75. The van der Waals surface area contributed by atoms with Crippen molar-refractivity contribution in [2.24, 2.45) is 5.92 Å². The molecule has 0 heterocycles. The van der Waals surface area contributed by atoms with Gasteiger partial charge in [-0.1, -0.05) is 47.5 Å². The number of halogens is 1. The van der Waals surface area contributed by atoms with Crippen molar-refractivity contribution in [2.45, 2.75) is 26.7 Å². The zero-order chi connectivity index (χ0) is 17.7. The Bertz CT molecular complexity index is 758. The van der Waals surface area contributed by atoms with Crippen molar-refractivity contribution in [1.29, 1.82) is 0 Å². The van der Waals surface area contributed by atoms with Crippen molar-refractivity contribution in [3.05, 3.63) is 64.2 Å². The SMILES string of the molecule is Cc1cccc(C[C@H](CC(=O)[O-])C(=O)Nc2cccc(Cl)c2C)c1. The van der Waals surface area contributed by atoms with E-state index in [2.05, 4.69) is 5.32 Å². The van der Waals surface area contributed by atoms with Crippen LogP contribution in [-0.2, 0) is 16.0 Å². The van der Waals surface area contributed by atoms with Crippen molar-refractivity contribution in [3.63, 3.8) is 0 Å². The third-order valence-electron chi connectivity index (χ3n) is 3.87. The highest BCUT2D eigenvalue weighted by Crippen LogP contribution is 2.24. The van der Waals surface area contributed by atoms with E-state index in [0.717, 1.165) is 16.7 Å². The Kier molecular flexibility index (Phi) is 5.99. The average molecular weight is 345 g/mol. The molecular formula is C19H19ClNO3-. The number of rotatable bonds is 6. The summed E-state index contributed by atoms with van der Waals surface area (Å²) < 4.78 is 0. The summed E-state index contributed by atoms with van der Waals surface area (Å²) in [5, 5.41) is 14.4. The van der Waals surface area contributed by atoms with Gasteiger partial charge in [0.05, 0.1) is 0 Å². The molecule has 0 aliphatic heterocycles. The number of carbonyl (C=O) groups excluding carboxylic acids is 2. The molecule has 0 saturated heterocycles. The summed E-state index contributed by atoms with van der Waals surface area (Å²) in [5.41, 5.74) is 3.31. The molecular weight excluding hydrogens is 326 g/mol. The number of benzene rings is 2. The quantitative estimate of drug-likeness (QED) is 0.876. The van der Waals surface area contributed by atoms with E-state index in [1.54, 1.807) is 25.1 Å². The van der Waals surface area contributed by atoms with E-state index in [9.17, 15) is 14.7 Å². The van der Waals surface area contributed by atoms with Crippen LogP contribution in [0.25, 0.3) is 0 Å². The van der Waals surface area contributed by atoms with E-state index in [1.165, 1.54) is 0 Å². The number of carboxylic acid groups (broad SMARTS) is 1. The first kappa shape index (κ1) is 18.0. The van der Waals surface area contributed by atoms with Gasteiger partial charge in [0.2, 0.25) is 5.91 Å². The lowest BCUT2D eigenvalue weighted by Crippen LogP contribution is -2.32. The van der Waals surface area contributed by atoms with Crippen molar-refractivity contribution in [1.82, 2.24) is 0 Å². The summed E-state index contributed by atoms with van der Waals surface area (Å²) in [7, 11) is 0. The second kappa shape index (κ2) is 7.97. The number of carboxylic acids is 1. The number of hydrogen-bond acceptors (Lipinski definition) is 3. The topological polar surface area (TPSA) is 69.2 Å². The fourth-order valence-corrected chi connectivity index (χ4v) is 2.73. The van der Waals surface area contributed by atoms with Gasteiger partial charge >= 0.3 is 0 Å². The van der Waals surface area contributed by atoms with Gasteiger partial charge < -0.3 is 15.2 Å². The Labute approximate surface area is 146 Å². The van der Waals surface area contributed by atoms with Gasteiger partial charge in [-0.15, -0.1) is 0 Å². The minimum absolute atomic E-state index is 0.334. The van der Waals surface area contributed by atoms with Crippen LogP contribution in [0.15, 0.2) is 42.5 Å². The normalized spacial score (nSPS) is 11.8. The Morgan fingerprint density at radius 2 is 1.88 bits per heavy atom. The third-order valence-corrected chi connectivity index (χ3v) is 4.28. The first-order valence-electron chi connectivity index (χ1n) is 7.68. The highest BCUT2D eigenvalue weighted by Gasteiger charge is 2.20. The number of anilines is 1. The molecule has 2 aromatic rings. The lowest BCUT2D eigenvalue weighted by molar-refractivity contribution is -0.306. The van der Waals surface area contributed by atoms with Crippen LogP contribution in [0.4, 0.5) is 5.69 Å². The standard InChI is InChI=1S/C19H20ClNO3/c1-12-5-3-6-14(9-12)10-15(11-18(22)23)19(24)21-17-8-4-7-16(20)13(17)2/h3-9,15H,10-11H2,1-2H3,(H,21,24)(H,22,23)/p-1/t15-/m1/s1. The van der Waals surface area contributed by atoms with Gasteiger partial charge in [-0.2, -0.15) is 0 Å². The van der Waals surface area contributed by atoms with Gasteiger partial charge in [-0.05, 0) is 49.9 Å². The third kappa shape index (κ3) is 4.83. The first-order valence-corrected chi connectivity index (χ1v) is 8.06. The lowest BCUT2D eigenvalue weighted by Gasteiger charge is -2.19. The van der Waals surface area contributed by atoms with Crippen LogP contribution in [0.3, 0.4) is 0 Å². The molecule has 0 aliphatic rings. The van der Waals surface area contributed by atoms with Crippen LogP contribution < -0.4 is 10.4 Å². The van der Waals surface area contributed by atoms with E-state index < -0.39 is 11.9 Å². The van der Waals surface area contributed by atoms with Crippen molar-refractivity contribution >= 4 is 29.2 Å². The van der Waals surface area contributed by atoms with Gasteiger partial charge in [0.25, 0.3) is 0 Å². The molecule has 126 valence electrons. The molecule has 0 radical (unpaired) electrons. The van der Waals surface area contributed by atoms with Gasteiger partial charge in [0, 0.05) is 22.6 Å². The Balaban J connectivity index is 2.18. The zero-order valence-electron chi connectivity index (χ0n) is 13.6. The molecule has 5 heteroatoms. The zero-order valence-corrected chi connectivity index (χ0v) is 14.4. The van der Waals surface area contributed by atoms with Crippen molar-refractivity contribution in [3.8, 4) is 0 Å². The second-order valence-corrected chi connectivity index (χ2v) is 6.28. The van der Waals surface area contributed by atoms with E-state index in [0.29, 0.717) is 17.1 Å². The Hall–Kier alpha value is -2.33. The Morgan fingerprint density at radius 1 is 1.17 bits per heavy atom. The maximum absolute atomic E-state index is 12.6. The van der Waals surface area contributed by atoms with Gasteiger partial charge in [-0.3, -0.25) is 4.79 Å². The molecule has 24 heavy (non-hydrogen) atoms. The molecule has 0 bridgehead atoms. The number of aliphatic carboxylic acids is 1. The lowest BCUT2D eigenvalue weighted by atomic mass is 9.94. The maximum Gasteiger partial charge on any atom is 0.228 e. The van der Waals surface area contributed by atoms with Crippen LogP contribution in [0.1, 0.15) is 23.1 Å². The monoisotopic (exact) mass is 344 g/mol. The number of amides is 1. The molecule has 2 aromatic carbocycles. The van der Waals surface area contributed by atoms with E-state index >= 15 is 0 Å². The molecule has 2 rings (SSSR count). The van der Waals surface area contributed by atoms with Crippen LogP contribution in [0.5, 0.6) is 0 Å². The number of aryl methyl sites for hydroxylation is 1. The van der Waals surface area contributed by atoms with Crippen LogP contribution in [0.2, 0.25) is 5.02 Å². The van der Waals surface area contributed by atoms with Crippen LogP contribution >= 0.6 is 11.6 Å². The molecule has 0 saturated carbocycles. The predicted molar refractivity (Wildman–Crippen MR) is 92.8 cm³/mol. The summed E-state index contributed by atoms with van der Waals surface area (Å²) in [6, 6.07) is 12.9. The predicted octanol–water partition coefficient (Wildman–Crippen LogP) is 2.89. The molecule has 4 nitrogen and oxygen atoms in total. The van der Waals surface area contributed by atoms with Gasteiger partial charge in [-0.25, -0.2) is 0 Å². The molecule has 1 N–H and O–H groups in total. The van der Waals surface area contributed by atoms with E-state index in [-0.39, 0.29) is 12.3 Å². The molecule has 0 unspecified atom stereocenters. The van der Waals surface area contributed by atoms with Crippen LogP contribution in [0, 0.1) is 19.8 Å². The fourth-order valence-electron chi connectivity index (χ4n) is 2.56. The van der Waals surface area contributed by atoms with Gasteiger partial charge in [0.1, 0.15) is 0 Å². The molecule has 0 aromatic heterocycles. The number of carbonyl (C=O) groups is 2. The summed E-state index contributed by atoms with van der Waals surface area (Å²) in [6.07, 6.45) is 0.000491. The van der Waals surface area contributed by atoms with E-state index in [4.69, 9.17) is 11.6 Å². The van der Waals surface area contributed by atoms with Crippen molar-refractivity contribution < 1.29 is 14.7 Å². The maximum atomic E-state index is 12.6. The number of nitrogens with one attached hydrogen (secondary N) is 1. The van der Waals surface area contributed by atoms with E-state index in [1.807, 2.05) is 31.2 Å². The average Bonchev–Trinajstić information content (AvgIpc) is 2.51. The first-order chi connectivity index (χ1) is 11.4. The second-order valence-electron chi connectivity index (χ2n) is 5.87. The highest BCUT2D eigenvalue weighted by atomic mass is 35.5. The fraction of sp³-hybridized carbons (Fsp3) is 0.263. The molecule has 0 spiro atoms. The molecule has 0 fully saturated rings. The van der Waals surface area contributed by atoms with Gasteiger partial charge in [0.15, 0.2) is 0 Å². The van der Waals surface area contributed by atoms with Crippen molar-refractivity contribution in [2.75, 3.05) is 5.32 Å². The smallest absolute Gasteiger partial charge is 0.228 e. The summed E-state index contributed by atoms with van der Waals surface area (Å²) >= 11 is 6.05. The molecule has 1 atom stereocenters. The molecule has 1 amide bonds. The largest absolute Gasteiger partial charge is 0.550 e. The summed E-state index contributed by atoms with van der Waals surface area (Å²) in [4.78, 5) is 23.6.